The summed E-state index contributed by atoms with van der Waals surface area (Å²) in [4.78, 5) is 8.57. The third kappa shape index (κ3) is 4.25. The molecule has 0 bridgehead atoms. The molecule has 0 saturated heterocycles. The lowest BCUT2D eigenvalue weighted by Crippen LogP contribution is -2.06. The first kappa shape index (κ1) is 18.7. The fourth-order valence-electron chi connectivity index (χ4n) is 3.55. The third-order valence-electron chi connectivity index (χ3n) is 4.93. The first-order valence-electron chi connectivity index (χ1n) is 9.50. The zero-order chi connectivity index (χ0) is 17.5. The summed E-state index contributed by atoms with van der Waals surface area (Å²) in [5.74, 6) is 1.70. The highest BCUT2D eigenvalue weighted by Crippen LogP contribution is 2.35. The van der Waals surface area contributed by atoms with Crippen molar-refractivity contribution in [2.24, 2.45) is 0 Å². The van der Waals surface area contributed by atoms with E-state index in [1.54, 1.807) is 0 Å². The van der Waals surface area contributed by atoms with Gasteiger partial charge in [-0.25, -0.2) is 9.37 Å². The lowest BCUT2D eigenvalue weighted by atomic mass is 9.88. The smallest absolute Gasteiger partial charge is 0.137 e. The molecule has 2 nitrogen and oxygen atoms in total. The SMILES string of the molecule is CCCC(CC)c1nc(-c2ccc(F)cc2)[nH]c1C(CC)CCC. The third-order valence-corrected chi connectivity index (χ3v) is 4.93. The van der Waals surface area contributed by atoms with E-state index in [0.29, 0.717) is 11.8 Å². The largest absolute Gasteiger partial charge is 0.341 e. The van der Waals surface area contributed by atoms with Crippen LogP contribution >= 0.6 is 0 Å². The molecule has 1 aromatic heterocycles. The Morgan fingerprint density at radius 1 is 0.917 bits per heavy atom. The topological polar surface area (TPSA) is 28.7 Å². The van der Waals surface area contributed by atoms with E-state index in [9.17, 15) is 4.39 Å². The lowest BCUT2D eigenvalue weighted by molar-refractivity contribution is 0.541. The Morgan fingerprint density at radius 2 is 1.50 bits per heavy atom. The van der Waals surface area contributed by atoms with Crippen molar-refractivity contribution in [3.63, 3.8) is 0 Å². The minimum absolute atomic E-state index is 0.208. The standard InChI is InChI=1S/C21H31FN2/c1-5-9-15(7-3)19-20(16(8-4)10-6-2)24-21(23-19)17-11-13-18(22)14-12-17/h11-16H,5-10H2,1-4H3,(H,23,24). The van der Waals surface area contributed by atoms with Gasteiger partial charge in [-0.1, -0.05) is 40.5 Å². The van der Waals surface area contributed by atoms with Crippen LogP contribution in [0.15, 0.2) is 24.3 Å². The summed E-state index contributed by atoms with van der Waals surface area (Å²) in [5.41, 5.74) is 3.50. The summed E-state index contributed by atoms with van der Waals surface area (Å²) in [6, 6.07) is 6.63. The van der Waals surface area contributed by atoms with E-state index in [2.05, 4.69) is 32.7 Å². The van der Waals surface area contributed by atoms with Crippen molar-refractivity contribution in [3.05, 3.63) is 41.5 Å². The van der Waals surface area contributed by atoms with E-state index < -0.39 is 0 Å². The molecular formula is C21H31FN2. The maximum absolute atomic E-state index is 13.2. The Morgan fingerprint density at radius 3 is 2.04 bits per heavy atom. The summed E-state index contributed by atoms with van der Waals surface area (Å²) in [5, 5.41) is 0. The molecule has 1 aromatic carbocycles. The van der Waals surface area contributed by atoms with Crippen LogP contribution in [0.3, 0.4) is 0 Å². The summed E-state index contributed by atoms with van der Waals surface area (Å²) < 4.78 is 13.2. The van der Waals surface area contributed by atoms with Crippen LogP contribution in [0.4, 0.5) is 4.39 Å². The monoisotopic (exact) mass is 330 g/mol. The van der Waals surface area contributed by atoms with Crippen molar-refractivity contribution >= 4 is 0 Å². The van der Waals surface area contributed by atoms with Crippen molar-refractivity contribution in [2.75, 3.05) is 0 Å². The summed E-state index contributed by atoms with van der Waals surface area (Å²) in [6.07, 6.45) is 6.91. The Kier molecular flexibility index (Phi) is 7.01. The maximum Gasteiger partial charge on any atom is 0.137 e. The van der Waals surface area contributed by atoms with Crippen molar-refractivity contribution < 1.29 is 4.39 Å². The van der Waals surface area contributed by atoms with Crippen molar-refractivity contribution in [1.82, 2.24) is 9.97 Å². The molecule has 24 heavy (non-hydrogen) atoms. The van der Waals surface area contributed by atoms with Crippen LogP contribution in [0.25, 0.3) is 11.4 Å². The van der Waals surface area contributed by atoms with Crippen LogP contribution in [-0.4, -0.2) is 9.97 Å². The molecule has 0 aliphatic heterocycles. The van der Waals surface area contributed by atoms with Crippen LogP contribution in [0.2, 0.25) is 0 Å². The molecule has 0 spiro atoms. The fourth-order valence-corrected chi connectivity index (χ4v) is 3.55. The number of benzene rings is 1. The van der Waals surface area contributed by atoms with Gasteiger partial charge in [0.2, 0.25) is 0 Å². The molecule has 0 aliphatic rings. The Bertz CT molecular complexity index is 584. The number of nitrogens with zero attached hydrogens (tertiary/aromatic N) is 1. The van der Waals surface area contributed by atoms with Crippen LogP contribution in [-0.2, 0) is 0 Å². The van der Waals surface area contributed by atoms with E-state index in [0.717, 1.165) is 24.2 Å². The van der Waals surface area contributed by atoms with Crippen molar-refractivity contribution in [1.29, 1.82) is 0 Å². The molecule has 0 aliphatic carbocycles. The van der Waals surface area contributed by atoms with Gasteiger partial charge in [0.15, 0.2) is 0 Å². The van der Waals surface area contributed by atoms with Gasteiger partial charge in [0, 0.05) is 23.1 Å². The maximum atomic E-state index is 13.2. The van der Waals surface area contributed by atoms with Crippen LogP contribution in [0.5, 0.6) is 0 Å². The molecule has 0 saturated carbocycles. The van der Waals surface area contributed by atoms with Gasteiger partial charge in [-0.3, -0.25) is 0 Å². The van der Waals surface area contributed by atoms with Gasteiger partial charge in [0.05, 0.1) is 5.69 Å². The minimum atomic E-state index is -0.208. The Labute approximate surface area is 145 Å². The molecule has 3 heteroatoms. The number of aromatic nitrogens is 2. The molecule has 0 amide bonds. The van der Waals surface area contributed by atoms with E-state index in [1.165, 1.54) is 49.2 Å². The molecule has 1 heterocycles. The summed E-state index contributed by atoms with van der Waals surface area (Å²) >= 11 is 0. The molecule has 0 fully saturated rings. The van der Waals surface area contributed by atoms with Gasteiger partial charge in [-0.05, 0) is 49.9 Å². The number of rotatable bonds is 9. The number of halogens is 1. The van der Waals surface area contributed by atoms with E-state index in [-0.39, 0.29) is 5.82 Å². The highest BCUT2D eigenvalue weighted by atomic mass is 19.1. The second-order valence-electron chi connectivity index (χ2n) is 6.68. The number of imidazole rings is 1. The van der Waals surface area contributed by atoms with Crippen molar-refractivity contribution in [2.45, 2.75) is 78.1 Å². The Hall–Kier alpha value is -1.64. The number of hydrogen-bond acceptors (Lipinski definition) is 1. The van der Waals surface area contributed by atoms with E-state index in [1.807, 2.05) is 12.1 Å². The highest BCUT2D eigenvalue weighted by Gasteiger charge is 2.23. The number of H-pyrrole nitrogens is 1. The van der Waals surface area contributed by atoms with Gasteiger partial charge < -0.3 is 4.98 Å². The molecule has 2 rings (SSSR count). The average Bonchev–Trinajstić information content (AvgIpc) is 3.03. The molecule has 132 valence electrons. The van der Waals surface area contributed by atoms with E-state index in [4.69, 9.17) is 4.98 Å². The zero-order valence-electron chi connectivity index (χ0n) is 15.5. The van der Waals surface area contributed by atoms with Crippen LogP contribution in [0.1, 0.15) is 89.4 Å². The second-order valence-corrected chi connectivity index (χ2v) is 6.68. The van der Waals surface area contributed by atoms with Gasteiger partial charge in [-0.15, -0.1) is 0 Å². The van der Waals surface area contributed by atoms with Gasteiger partial charge in [0.1, 0.15) is 11.6 Å². The van der Waals surface area contributed by atoms with Gasteiger partial charge >= 0.3 is 0 Å². The summed E-state index contributed by atoms with van der Waals surface area (Å²) in [7, 11) is 0. The average molecular weight is 330 g/mol. The summed E-state index contributed by atoms with van der Waals surface area (Å²) in [6.45, 7) is 8.97. The van der Waals surface area contributed by atoms with Gasteiger partial charge in [-0.2, -0.15) is 0 Å². The predicted molar refractivity (Wildman–Crippen MR) is 99.9 cm³/mol. The quantitative estimate of drug-likeness (QED) is 0.538. The Balaban J connectivity index is 2.47. The molecule has 0 radical (unpaired) electrons. The normalized spacial score (nSPS) is 13.9. The van der Waals surface area contributed by atoms with Crippen LogP contribution in [0, 0.1) is 5.82 Å². The molecule has 1 N–H and O–H groups in total. The van der Waals surface area contributed by atoms with Crippen LogP contribution < -0.4 is 0 Å². The molecule has 2 unspecified atom stereocenters. The van der Waals surface area contributed by atoms with Gasteiger partial charge in [0.25, 0.3) is 0 Å². The number of aromatic amines is 1. The number of hydrogen-bond donors (Lipinski definition) is 1. The molecule has 2 aromatic rings. The lowest BCUT2D eigenvalue weighted by Gasteiger charge is -2.18. The second kappa shape index (κ2) is 9.00. The highest BCUT2D eigenvalue weighted by molar-refractivity contribution is 5.56. The first-order valence-corrected chi connectivity index (χ1v) is 9.50. The molecular weight excluding hydrogens is 299 g/mol. The minimum Gasteiger partial charge on any atom is -0.341 e. The molecule has 2 atom stereocenters. The van der Waals surface area contributed by atoms with Crippen molar-refractivity contribution in [3.8, 4) is 11.4 Å². The number of nitrogens with one attached hydrogen (secondary N) is 1. The van der Waals surface area contributed by atoms with E-state index >= 15 is 0 Å². The first-order chi connectivity index (χ1) is 11.6. The fraction of sp³-hybridized carbons (Fsp3) is 0.571. The predicted octanol–water partition coefficient (Wildman–Crippen LogP) is 6.80. The zero-order valence-corrected chi connectivity index (χ0v) is 15.5.